The molecule has 1 aliphatic heterocycles. The van der Waals surface area contributed by atoms with Gasteiger partial charge in [0.2, 0.25) is 5.91 Å². The first-order valence-electron chi connectivity index (χ1n) is 9.02. The van der Waals surface area contributed by atoms with Gasteiger partial charge >= 0.3 is 5.97 Å². The van der Waals surface area contributed by atoms with Crippen LogP contribution in [0.2, 0.25) is 0 Å². The highest BCUT2D eigenvalue weighted by molar-refractivity contribution is 5.94. The number of amides is 1. The second-order valence-electron chi connectivity index (χ2n) is 6.67. The molecule has 26 heavy (non-hydrogen) atoms. The minimum Gasteiger partial charge on any atom is -0.492 e. The van der Waals surface area contributed by atoms with E-state index in [0.717, 1.165) is 24.2 Å². The molecule has 0 fully saturated rings. The molecule has 2 aliphatic rings. The number of esters is 1. The molecule has 0 unspecified atom stereocenters. The molecule has 1 aliphatic carbocycles. The molecule has 1 atom stereocenters. The number of hydrogen-bond donors (Lipinski definition) is 1. The molecular weight excluding hydrogens is 330 g/mol. The van der Waals surface area contributed by atoms with E-state index in [1.54, 1.807) is 12.1 Å². The van der Waals surface area contributed by atoms with Crippen molar-refractivity contribution < 1.29 is 19.1 Å². The summed E-state index contributed by atoms with van der Waals surface area (Å²) in [5.41, 5.74) is 4.11. The van der Waals surface area contributed by atoms with E-state index in [1.807, 2.05) is 18.2 Å². The molecule has 0 radical (unpaired) electrons. The Balaban J connectivity index is 1.23. The lowest BCUT2D eigenvalue weighted by Crippen LogP contribution is -2.29. The lowest BCUT2D eigenvalue weighted by molar-refractivity contribution is -0.123. The molecule has 134 valence electrons. The number of nitrogens with one attached hydrogen (secondary N) is 1. The fourth-order valence-electron chi connectivity index (χ4n) is 3.61. The lowest BCUT2D eigenvalue weighted by atomic mass is 10.0. The molecular formula is C21H21NO4. The van der Waals surface area contributed by atoms with Crippen molar-refractivity contribution in [2.75, 3.05) is 13.2 Å². The Morgan fingerprint density at radius 1 is 1.15 bits per heavy atom. The normalized spacial score (nSPS) is 17.4. The number of aryl methyl sites for hydroxylation is 2. The van der Waals surface area contributed by atoms with Crippen molar-refractivity contribution in [3.63, 3.8) is 0 Å². The van der Waals surface area contributed by atoms with Crippen LogP contribution in [0.1, 0.15) is 46.0 Å². The number of carbonyl (C=O) groups excluding carboxylic acids is 2. The standard InChI is InChI=1S/C21H21NO4/c23-20(13-19-17-6-1-2-7-18(17)21(24)26-19)22-10-11-25-16-9-8-14-4-3-5-15(14)12-16/h1-2,6-9,12,19H,3-5,10-11,13H2,(H,22,23)/t19-/m0/s1. The van der Waals surface area contributed by atoms with Crippen LogP contribution in [0.25, 0.3) is 0 Å². The average molecular weight is 351 g/mol. The SMILES string of the molecule is O=C(C[C@@H]1OC(=O)c2ccccc21)NCCOc1ccc2c(c1)CCC2. The smallest absolute Gasteiger partial charge is 0.339 e. The van der Waals surface area contributed by atoms with E-state index in [1.165, 1.54) is 17.5 Å². The van der Waals surface area contributed by atoms with Gasteiger partial charge in [-0.25, -0.2) is 4.79 Å². The number of ether oxygens (including phenoxy) is 2. The highest BCUT2D eigenvalue weighted by atomic mass is 16.5. The molecule has 2 aromatic rings. The van der Waals surface area contributed by atoms with E-state index < -0.39 is 6.10 Å². The summed E-state index contributed by atoms with van der Waals surface area (Å²) in [6.07, 6.45) is 3.10. The van der Waals surface area contributed by atoms with E-state index in [0.29, 0.717) is 18.7 Å². The number of fused-ring (bicyclic) bond motifs is 2. The molecule has 0 saturated heterocycles. The third-order valence-electron chi connectivity index (χ3n) is 4.91. The van der Waals surface area contributed by atoms with Gasteiger partial charge in [0.15, 0.2) is 0 Å². The molecule has 0 saturated carbocycles. The van der Waals surface area contributed by atoms with E-state index in [2.05, 4.69) is 17.4 Å². The second-order valence-corrected chi connectivity index (χ2v) is 6.67. The molecule has 5 heteroatoms. The lowest BCUT2D eigenvalue weighted by Gasteiger charge is -2.12. The Morgan fingerprint density at radius 2 is 2.00 bits per heavy atom. The first-order chi connectivity index (χ1) is 12.7. The number of rotatable bonds is 6. The van der Waals surface area contributed by atoms with E-state index in [-0.39, 0.29) is 18.3 Å². The largest absolute Gasteiger partial charge is 0.492 e. The zero-order valence-electron chi connectivity index (χ0n) is 14.5. The van der Waals surface area contributed by atoms with Gasteiger partial charge in [-0.3, -0.25) is 4.79 Å². The van der Waals surface area contributed by atoms with Gasteiger partial charge in [0.1, 0.15) is 18.5 Å². The van der Waals surface area contributed by atoms with Crippen LogP contribution < -0.4 is 10.1 Å². The third kappa shape index (κ3) is 3.43. The molecule has 5 nitrogen and oxygen atoms in total. The average Bonchev–Trinajstić information content (AvgIpc) is 3.24. The van der Waals surface area contributed by atoms with Crippen molar-refractivity contribution in [1.29, 1.82) is 0 Å². The third-order valence-corrected chi connectivity index (χ3v) is 4.91. The van der Waals surface area contributed by atoms with Gasteiger partial charge in [-0.05, 0) is 48.6 Å². The second kappa shape index (κ2) is 7.20. The van der Waals surface area contributed by atoms with Crippen molar-refractivity contribution in [3.8, 4) is 5.75 Å². The number of cyclic esters (lactones) is 1. The summed E-state index contributed by atoms with van der Waals surface area (Å²) in [6, 6.07) is 13.4. The first kappa shape index (κ1) is 16.6. The quantitative estimate of drug-likeness (QED) is 0.642. The highest BCUT2D eigenvalue weighted by Gasteiger charge is 2.31. The summed E-state index contributed by atoms with van der Waals surface area (Å²) in [6.45, 7) is 0.823. The predicted molar refractivity (Wildman–Crippen MR) is 96.2 cm³/mol. The van der Waals surface area contributed by atoms with Crippen LogP contribution in [0.15, 0.2) is 42.5 Å². The number of carbonyl (C=O) groups is 2. The number of benzene rings is 2. The summed E-state index contributed by atoms with van der Waals surface area (Å²) in [5.74, 6) is 0.328. The van der Waals surface area contributed by atoms with Gasteiger partial charge in [0, 0.05) is 5.56 Å². The first-order valence-corrected chi connectivity index (χ1v) is 9.02. The van der Waals surface area contributed by atoms with Crippen LogP contribution in [-0.2, 0) is 22.4 Å². The van der Waals surface area contributed by atoms with E-state index in [9.17, 15) is 9.59 Å². The van der Waals surface area contributed by atoms with Gasteiger partial charge in [0.25, 0.3) is 0 Å². The molecule has 0 aromatic heterocycles. The van der Waals surface area contributed by atoms with Crippen molar-refractivity contribution in [2.24, 2.45) is 0 Å². The van der Waals surface area contributed by atoms with Gasteiger partial charge in [-0.2, -0.15) is 0 Å². The van der Waals surface area contributed by atoms with Crippen molar-refractivity contribution in [2.45, 2.75) is 31.8 Å². The molecule has 0 spiro atoms. The van der Waals surface area contributed by atoms with E-state index in [4.69, 9.17) is 9.47 Å². The fourth-order valence-corrected chi connectivity index (χ4v) is 3.61. The van der Waals surface area contributed by atoms with Crippen molar-refractivity contribution in [3.05, 3.63) is 64.7 Å². The zero-order chi connectivity index (χ0) is 17.9. The van der Waals surface area contributed by atoms with Crippen LogP contribution in [0.3, 0.4) is 0 Å². The summed E-state index contributed by atoms with van der Waals surface area (Å²) in [7, 11) is 0. The summed E-state index contributed by atoms with van der Waals surface area (Å²) < 4.78 is 11.0. The Kier molecular flexibility index (Phi) is 4.61. The molecule has 4 rings (SSSR count). The molecule has 0 bridgehead atoms. The minimum atomic E-state index is -0.503. The Bertz CT molecular complexity index is 846. The maximum atomic E-state index is 12.1. The number of hydrogen-bond acceptors (Lipinski definition) is 4. The summed E-state index contributed by atoms with van der Waals surface area (Å²) >= 11 is 0. The molecule has 2 aromatic carbocycles. The Hall–Kier alpha value is -2.82. The van der Waals surface area contributed by atoms with Crippen molar-refractivity contribution in [1.82, 2.24) is 5.32 Å². The van der Waals surface area contributed by atoms with Crippen LogP contribution in [0.5, 0.6) is 5.75 Å². The van der Waals surface area contributed by atoms with Crippen LogP contribution in [0.4, 0.5) is 0 Å². The minimum absolute atomic E-state index is 0.127. The van der Waals surface area contributed by atoms with Gasteiger partial charge in [-0.1, -0.05) is 24.3 Å². The molecule has 1 amide bonds. The maximum absolute atomic E-state index is 12.1. The molecule has 1 heterocycles. The highest BCUT2D eigenvalue weighted by Crippen LogP contribution is 2.32. The van der Waals surface area contributed by atoms with Crippen LogP contribution >= 0.6 is 0 Å². The summed E-state index contributed by atoms with van der Waals surface area (Å²) in [4.78, 5) is 23.9. The monoisotopic (exact) mass is 351 g/mol. The molecule has 1 N–H and O–H groups in total. The Morgan fingerprint density at radius 3 is 2.92 bits per heavy atom. The van der Waals surface area contributed by atoms with Gasteiger partial charge in [0.05, 0.1) is 18.5 Å². The van der Waals surface area contributed by atoms with Crippen LogP contribution in [0, 0.1) is 0 Å². The Labute approximate surface area is 152 Å². The predicted octanol–water partition coefficient (Wildman–Crippen LogP) is 2.97. The van der Waals surface area contributed by atoms with E-state index >= 15 is 0 Å². The maximum Gasteiger partial charge on any atom is 0.339 e. The fraction of sp³-hybridized carbons (Fsp3) is 0.333. The summed E-state index contributed by atoms with van der Waals surface area (Å²) in [5, 5.41) is 2.82. The van der Waals surface area contributed by atoms with Crippen molar-refractivity contribution >= 4 is 11.9 Å². The van der Waals surface area contributed by atoms with Crippen LogP contribution in [-0.4, -0.2) is 25.0 Å². The van der Waals surface area contributed by atoms with Gasteiger partial charge in [-0.15, -0.1) is 0 Å². The zero-order valence-corrected chi connectivity index (χ0v) is 14.5. The topological polar surface area (TPSA) is 64.6 Å². The van der Waals surface area contributed by atoms with Gasteiger partial charge < -0.3 is 14.8 Å².